The molecule has 1 aliphatic carbocycles. The van der Waals surface area contributed by atoms with Crippen LogP contribution in [0.4, 0.5) is 4.79 Å². The van der Waals surface area contributed by atoms with Crippen molar-refractivity contribution in [2.45, 2.75) is 70.5 Å². The molecular weight excluding hydrogens is 302 g/mol. The summed E-state index contributed by atoms with van der Waals surface area (Å²) in [6, 6.07) is 1.18. The van der Waals surface area contributed by atoms with Gasteiger partial charge in [-0.2, -0.15) is 5.10 Å². The van der Waals surface area contributed by atoms with Crippen LogP contribution in [0.5, 0.6) is 0 Å². The van der Waals surface area contributed by atoms with Gasteiger partial charge in [0.25, 0.3) is 0 Å². The summed E-state index contributed by atoms with van der Waals surface area (Å²) in [6.45, 7) is 4.51. The molecule has 2 fully saturated rings. The van der Waals surface area contributed by atoms with Crippen LogP contribution in [0.2, 0.25) is 0 Å². The Morgan fingerprint density at radius 3 is 2.71 bits per heavy atom. The zero-order chi connectivity index (χ0) is 16.9. The van der Waals surface area contributed by atoms with E-state index in [0.717, 1.165) is 23.8 Å². The van der Waals surface area contributed by atoms with E-state index < -0.39 is 0 Å². The van der Waals surface area contributed by atoms with E-state index in [1.807, 2.05) is 24.9 Å². The molecule has 6 nitrogen and oxygen atoms in total. The topological polar surface area (TPSA) is 62.2 Å². The van der Waals surface area contributed by atoms with Crippen LogP contribution in [0, 0.1) is 6.92 Å². The number of nitrogens with one attached hydrogen (secondary N) is 2. The Bertz CT molecular complexity index is 550. The number of carbonyl (C=O) groups excluding carboxylic acids is 1. The van der Waals surface area contributed by atoms with Crippen molar-refractivity contribution in [2.75, 3.05) is 13.1 Å². The zero-order valence-electron chi connectivity index (χ0n) is 15.1. The lowest BCUT2D eigenvalue weighted by Gasteiger charge is -2.35. The third kappa shape index (κ3) is 4.09. The standard InChI is InChI=1S/C18H31N5O/c1-14-15(12-21-22(14)2)11-19-18(24)20-13-17-9-6-10-23(17)16-7-4-3-5-8-16/h12,16-17H,3-11,13H2,1-2H3,(H2,19,20,24)/t17-/m1/s1. The monoisotopic (exact) mass is 333 g/mol. The van der Waals surface area contributed by atoms with Crippen LogP contribution < -0.4 is 10.6 Å². The van der Waals surface area contributed by atoms with Gasteiger partial charge in [0.15, 0.2) is 0 Å². The Morgan fingerprint density at radius 1 is 1.21 bits per heavy atom. The molecule has 24 heavy (non-hydrogen) atoms. The van der Waals surface area contributed by atoms with E-state index in [1.54, 1.807) is 0 Å². The summed E-state index contributed by atoms with van der Waals surface area (Å²) in [5.74, 6) is 0. The number of nitrogens with zero attached hydrogens (tertiary/aromatic N) is 3. The minimum Gasteiger partial charge on any atom is -0.337 e. The minimum atomic E-state index is -0.0752. The molecule has 2 amide bonds. The quantitative estimate of drug-likeness (QED) is 0.869. The molecule has 1 saturated carbocycles. The molecule has 0 unspecified atom stereocenters. The number of urea groups is 1. The van der Waals surface area contributed by atoms with Crippen molar-refractivity contribution in [3.63, 3.8) is 0 Å². The summed E-state index contributed by atoms with van der Waals surface area (Å²) < 4.78 is 1.83. The second kappa shape index (κ2) is 8.01. The summed E-state index contributed by atoms with van der Waals surface area (Å²) >= 11 is 0. The number of amides is 2. The molecular formula is C18H31N5O. The van der Waals surface area contributed by atoms with Crippen LogP contribution in [0.3, 0.4) is 0 Å². The summed E-state index contributed by atoms with van der Waals surface area (Å²) in [4.78, 5) is 14.8. The van der Waals surface area contributed by atoms with Crippen molar-refractivity contribution in [1.29, 1.82) is 0 Å². The fraction of sp³-hybridized carbons (Fsp3) is 0.778. The zero-order valence-corrected chi connectivity index (χ0v) is 15.1. The summed E-state index contributed by atoms with van der Waals surface area (Å²) in [5, 5.41) is 10.2. The van der Waals surface area contributed by atoms with Crippen molar-refractivity contribution in [3.8, 4) is 0 Å². The molecule has 1 saturated heterocycles. The van der Waals surface area contributed by atoms with Crippen LogP contribution in [-0.4, -0.2) is 45.9 Å². The summed E-state index contributed by atoms with van der Waals surface area (Å²) in [5.41, 5.74) is 2.16. The number of rotatable bonds is 5. The summed E-state index contributed by atoms with van der Waals surface area (Å²) in [7, 11) is 1.92. The van der Waals surface area contributed by atoms with Crippen molar-refractivity contribution >= 4 is 6.03 Å². The molecule has 3 rings (SSSR count). The molecule has 0 bridgehead atoms. The van der Waals surface area contributed by atoms with E-state index in [0.29, 0.717) is 12.6 Å². The number of hydrogen-bond acceptors (Lipinski definition) is 3. The molecule has 0 radical (unpaired) electrons. The lowest BCUT2D eigenvalue weighted by molar-refractivity contribution is 0.140. The molecule has 1 aromatic rings. The average molecular weight is 333 g/mol. The molecule has 1 atom stereocenters. The van der Waals surface area contributed by atoms with Crippen molar-refractivity contribution in [1.82, 2.24) is 25.3 Å². The highest BCUT2D eigenvalue weighted by Gasteiger charge is 2.31. The van der Waals surface area contributed by atoms with E-state index >= 15 is 0 Å². The SMILES string of the molecule is Cc1c(CNC(=O)NC[C@H]2CCCN2C2CCCCC2)cnn1C. The van der Waals surface area contributed by atoms with Gasteiger partial charge in [-0.15, -0.1) is 0 Å². The molecule has 0 spiro atoms. The van der Waals surface area contributed by atoms with Gasteiger partial charge in [0, 0.05) is 43.5 Å². The van der Waals surface area contributed by atoms with E-state index in [2.05, 4.69) is 20.6 Å². The number of likely N-dealkylation sites (tertiary alicyclic amines) is 1. The average Bonchev–Trinajstić information content (AvgIpc) is 3.20. The predicted octanol–water partition coefficient (Wildman–Crippen LogP) is 2.32. The first-order valence-electron chi connectivity index (χ1n) is 9.40. The van der Waals surface area contributed by atoms with Crippen LogP contribution in [-0.2, 0) is 13.6 Å². The number of hydrogen-bond donors (Lipinski definition) is 2. The molecule has 1 aromatic heterocycles. The van der Waals surface area contributed by atoms with Gasteiger partial charge >= 0.3 is 6.03 Å². The maximum atomic E-state index is 12.1. The van der Waals surface area contributed by atoms with Crippen molar-refractivity contribution in [2.24, 2.45) is 7.05 Å². The smallest absolute Gasteiger partial charge is 0.315 e. The van der Waals surface area contributed by atoms with Gasteiger partial charge in [-0.1, -0.05) is 19.3 Å². The van der Waals surface area contributed by atoms with E-state index in [9.17, 15) is 4.79 Å². The van der Waals surface area contributed by atoms with Crippen LogP contribution in [0.25, 0.3) is 0 Å². The first kappa shape index (κ1) is 17.3. The van der Waals surface area contributed by atoms with Crippen LogP contribution in [0.15, 0.2) is 6.20 Å². The molecule has 2 heterocycles. The Hall–Kier alpha value is -1.56. The minimum absolute atomic E-state index is 0.0752. The van der Waals surface area contributed by atoms with Crippen molar-refractivity contribution < 1.29 is 4.79 Å². The molecule has 0 aromatic carbocycles. The van der Waals surface area contributed by atoms with Crippen LogP contribution in [0.1, 0.15) is 56.2 Å². The molecule has 2 N–H and O–H groups in total. The van der Waals surface area contributed by atoms with Gasteiger partial charge in [-0.3, -0.25) is 9.58 Å². The number of aryl methyl sites for hydroxylation is 1. The number of aromatic nitrogens is 2. The first-order chi connectivity index (χ1) is 11.6. The lowest BCUT2D eigenvalue weighted by atomic mass is 9.94. The predicted molar refractivity (Wildman–Crippen MR) is 94.8 cm³/mol. The van der Waals surface area contributed by atoms with Gasteiger partial charge in [0.1, 0.15) is 0 Å². The largest absolute Gasteiger partial charge is 0.337 e. The van der Waals surface area contributed by atoms with Gasteiger partial charge in [-0.05, 0) is 39.2 Å². The Balaban J connectivity index is 1.42. The first-order valence-corrected chi connectivity index (χ1v) is 9.40. The number of carbonyl (C=O) groups is 1. The van der Waals surface area contributed by atoms with Gasteiger partial charge in [0.05, 0.1) is 6.20 Å². The molecule has 6 heteroatoms. The Kier molecular flexibility index (Phi) is 5.76. The Labute approximate surface area is 145 Å². The third-order valence-electron chi connectivity index (χ3n) is 5.74. The van der Waals surface area contributed by atoms with Crippen molar-refractivity contribution in [3.05, 3.63) is 17.5 Å². The van der Waals surface area contributed by atoms with Gasteiger partial charge < -0.3 is 10.6 Å². The van der Waals surface area contributed by atoms with Crippen LogP contribution >= 0.6 is 0 Å². The fourth-order valence-corrected chi connectivity index (χ4v) is 4.14. The maximum absolute atomic E-state index is 12.1. The second-order valence-corrected chi connectivity index (χ2v) is 7.27. The fourth-order valence-electron chi connectivity index (χ4n) is 4.14. The Morgan fingerprint density at radius 2 is 2.00 bits per heavy atom. The van der Waals surface area contributed by atoms with Gasteiger partial charge in [0.2, 0.25) is 0 Å². The third-order valence-corrected chi connectivity index (χ3v) is 5.74. The lowest BCUT2D eigenvalue weighted by Crippen LogP contribution is -2.47. The van der Waals surface area contributed by atoms with E-state index in [4.69, 9.17) is 0 Å². The molecule has 134 valence electrons. The second-order valence-electron chi connectivity index (χ2n) is 7.27. The highest BCUT2D eigenvalue weighted by molar-refractivity contribution is 5.73. The van der Waals surface area contributed by atoms with Gasteiger partial charge in [-0.25, -0.2) is 4.79 Å². The highest BCUT2D eigenvalue weighted by Crippen LogP contribution is 2.28. The molecule has 1 aliphatic heterocycles. The van der Waals surface area contributed by atoms with E-state index in [-0.39, 0.29) is 6.03 Å². The highest BCUT2D eigenvalue weighted by atomic mass is 16.2. The molecule has 2 aliphatic rings. The maximum Gasteiger partial charge on any atom is 0.315 e. The normalized spacial score (nSPS) is 22.7. The van der Waals surface area contributed by atoms with E-state index in [1.165, 1.54) is 51.5 Å². The summed E-state index contributed by atoms with van der Waals surface area (Å²) in [6.07, 6.45) is 11.1.